The minimum absolute atomic E-state index is 0.127. The molecule has 0 aromatic heterocycles. The van der Waals surface area contributed by atoms with Crippen LogP contribution >= 0.6 is 0 Å². The van der Waals surface area contributed by atoms with E-state index in [1.807, 2.05) is 6.92 Å². The van der Waals surface area contributed by atoms with E-state index in [2.05, 4.69) is 0 Å². The zero-order valence-electron chi connectivity index (χ0n) is 8.04. The highest BCUT2D eigenvalue weighted by Crippen LogP contribution is 2.07. The lowest BCUT2D eigenvalue weighted by Gasteiger charge is -2.16. The Bertz CT molecular complexity index is 132. The number of esters is 1. The van der Waals surface area contributed by atoms with E-state index in [1.165, 1.54) is 0 Å². The van der Waals surface area contributed by atoms with E-state index >= 15 is 0 Å². The molecule has 3 nitrogen and oxygen atoms in total. The van der Waals surface area contributed by atoms with Gasteiger partial charge in [0.25, 0.3) is 0 Å². The fourth-order valence-electron chi connectivity index (χ4n) is 0.948. The summed E-state index contributed by atoms with van der Waals surface area (Å²) < 4.78 is 5.06. The van der Waals surface area contributed by atoms with Crippen LogP contribution < -0.4 is 0 Å². The molecule has 0 aliphatic heterocycles. The summed E-state index contributed by atoms with van der Waals surface area (Å²) in [4.78, 5) is 10.9. The van der Waals surface area contributed by atoms with Crippen molar-refractivity contribution in [1.29, 1.82) is 0 Å². The topological polar surface area (TPSA) is 46.5 Å². The van der Waals surface area contributed by atoms with Gasteiger partial charge in [-0.05, 0) is 13.3 Å². The van der Waals surface area contributed by atoms with Crippen LogP contribution in [0.4, 0.5) is 0 Å². The van der Waals surface area contributed by atoms with E-state index in [-0.39, 0.29) is 12.1 Å². The average molecular weight is 174 g/mol. The van der Waals surface area contributed by atoms with Gasteiger partial charge >= 0.3 is 5.97 Å². The molecule has 0 amide bonds. The maximum atomic E-state index is 10.9. The molecule has 0 heterocycles. The van der Waals surface area contributed by atoms with Gasteiger partial charge in [-0.1, -0.05) is 13.8 Å². The molecule has 0 aliphatic rings. The van der Waals surface area contributed by atoms with Crippen LogP contribution in [0.2, 0.25) is 0 Å². The lowest BCUT2D eigenvalue weighted by atomic mass is 10.1. The number of carbonyl (C=O) groups excluding carboxylic acids is 1. The summed E-state index contributed by atoms with van der Waals surface area (Å²) in [7, 11) is 0. The van der Waals surface area contributed by atoms with Gasteiger partial charge in [-0.3, -0.25) is 4.79 Å². The molecule has 0 unspecified atom stereocenters. The summed E-state index contributed by atoms with van der Waals surface area (Å²) in [5.74, 6) is -0.192. The fraction of sp³-hybridized carbons (Fsp3) is 0.889. The first kappa shape index (κ1) is 11.4. The highest BCUT2D eigenvalue weighted by molar-refractivity contribution is 5.69. The molecule has 1 N–H and O–H groups in total. The summed E-state index contributed by atoms with van der Waals surface area (Å²) in [5.41, 5.74) is 0. The lowest BCUT2D eigenvalue weighted by Crippen LogP contribution is -2.21. The van der Waals surface area contributed by atoms with Gasteiger partial charge in [-0.15, -0.1) is 0 Å². The molecule has 0 saturated carbocycles. The standard InChI is InChI=1S/C9H18O3/c1-4-8(6-7(3)10)12-9(11)5-2/h7-8,10H,4-6H2,1-3H3/t7-,8-/m1/s1. The highest BCUT2D eigenvalue weighted by Gasteiger charge is 2.13. The molecular weight excluding hydrogens is 156 g/mol. The Hall–Kier alpha value is -0.570. The predicted molar refractivity (Wildman–Crippen MR) is 46.8 cm³/mol. The molecule has 72 valence electrons. The fourth-order valence-corrected chi connectivity index (χ4v) is 0.948. The van der Waals surface area contributed by atoms with Gasteiger partial charge in [0, 0.05) is 12.8 Å². The van der Waals surface area contributed by atoms with E-state index in [9.17, 15) is 4.79 Å². The highest BCUT2D eigenvalue weighted by atomic mass is 16.5. The molecule has 2 atom stereocenters. The average Bonchev–Trinajstić information content (AvgIpc) is 2.02. The molecule has 12 heavy (non-hydrogen) atoms. The molecular formula is C9H18O3. The third-order valence-corrected chi connectivity index (χ3v) is 1.65. The zero-order chi connectivity index (χ0) is 9.56. The molecule has 0 spiro atoms. The Kier molecular flexibility index (Phi) is 5.72. The van der Waals surface area contributed by atoms with Crippen molar-refractivity contribution in [2.45, 2.75) is 52.2 Å². The molecule has 0 aromatic rings. The Morgan fingerprint density at radius 3 is 2.42 bits per heavy atom. The summed E-state index contributed by atoms with van der Waals surface area (Å²) >= 11 is 0. The van der Waals surface area contributed by atoms with Crippen molar-refractivity contribution in [3.05, 3.63) is 0 Å². The normalized spacial score (nSPS) is 15.3. The van der Waals surface area contributed by atoms with Crippen molar-refractivity contribution >= 4 is 5.97 Å². The summed E-state index contributed by atoms with van der Waals surface area (Å²) in [5, 5.41) is 9.05. The van der Waals surface area contributed by atoms with Gasteiger partial charge in [0.15, 0.2) is 0 Å². The van der Waals surface area contributed by atoms with E-state index in [0.717, 1.165) is 6.42 Å². The molecule has 0 saturated heterocycles. The molecule has 0 aromatic carbocycles. The van der Waals surface area contributed by atoms with Crippen LogP contribution in [0.3, 0.4) is 0 Å². The van der Waals surface area contributed by atoms with Gasteiger partial charge in [-0.25, -0.2) is 0 Å². The van der Waals surface area contributed by atoms with Crippen LogP contribution in [0, 0.1) is 0 Å². The smallest absolute Gasteiger partial charge is 0.305 e. The van der Waals surface area contributed by atoms with Crippen LogP contribution in [-0.2, 0) is 9.53 Å². The SMILES string of the molecule is CCC(=O)O[C@H](CC)C[C@@H](C)O. The second kappa shape index (κ2) is 6.00. The summed E-state index contributed by atoms with van der Waals surface area (Å²) in [6.07, 6.45) is 1.16. The zero-order valence-corrected chi connectivity index (χ0v) is 8.04. The number of carbonyl (C=O) groups is 1. The minimum Gasteiger partial charge on any atom is -0.462 e. The van der Waals surface area contributed by atoms with Crippen molar-refractivity contribution in [1.82, 2.24) is 0 Å². The third kappa shape index (κ3) is 5.13. The molecule has 0 radical (unpaired) electrons. The second-order valence-electron chi connectivity index (χ2n) is 2.96. The van der Waals surface area contributed by atoms with Crippen LogP contribution in [0.25, 0.3) is 0 Å². The number of rotatable bonds is 5. The third-order valence-electron chi connectivity index (χ3n) is 1.65. The summed E-state index contributed by atoms with van der Waals surface area (Å²) in [6, 6.07) is 0. The largest absolute Gasteiger partial charge is 0.462 e. The van der Waals surface area contributed by atoms with Gasteiger partial charge < -0.3 is 9.84 Å². The predicted octanol–water partition coefficient (Wildman–Crippen LogP) is 1.49. The number of hydrogen-bond acceptors (Lipinski definition) is 3. The number of ether oxygens (including phenoxy) is 1. The molecule has 0 fully saturated rings. The molecule has 0 aliphatic carbocycles. The van der Waals surface area contributed by atoms with Crippen LogP contribution in [0.1, 0.15) is 40.0 Å². The maximum Gasteiger partial charge on any atom is 0.305 e. The van der Waals surface area contributed by atoms with Crippen molar-refractivity contribution in [2.24, 2.45) is 0 Å². The van der Waals surface area contributed by atoms with Crippen molar-refractivity contribution in [3.63, 3.8) is 0 Å². The first-order chi connectivity index (χ1) is 5.60. The second-order valence-corrected chi connectivity index (χ2v) is 2.96. The Labute approximate surface area is 73.7 Å². The van der Waals surface area contributed by atoms with Crippen LogP contribution in [0.5, 0.6) is 0 Å². The van der Waals surface area contributed by atoms with Gasteiger partial charge in [0.05, 0.1) is 6.10 Å². The lowest BCUT2D eigenvalue weighted by molar-refractivity contribution is -0.150. The van der Waals surface area contributed by atoms with E-state index in [0.29, 0.717) is 12.8 Å². The van der Waals surface area contributed by atoms with Crippen molar-refractivity contribution in [2.75, 3.05) is 0 Å². The van der Waals surface area contributed by atoms with Crippen LogP contribution in [0.15, 0.2) is 0 Å². The van der Waals surface area contributed by atoms with Gasteiger partial charge in [0.1, 0.15) is 6.10 Å². The number of aliphatic hydroxyl groups is 1. The van der Waals surface area contributed by atoms with Crippen molar-refractivity contribution < 1.29 is 14.6 Å². The molecule has 0 rings (SSSR count). The monoisotopic (exact) mass is 174 g/mol. The van der Waals surface area contributed by atoms with E-state index < -0.39 is 6.10 Å². The van der Waals surface area contributed by atoms with Crippen molar-refractivity contribution in [3.8, 4) is 0 Å². The Morgan fingerprint density at radius 1 is 1.50 bits per heavy atom. The van der Waals surface area contributed by atoms with Crippen LogP contribution in [-0.4, -0.2) is 23.3 Å². The minimum atomic E-state index is -0.403. The summed E-state index contributed by atoms with van der Waals surface area (Å²) in [6.45, 7) is 5.40. The first-order valence-corrected chi connectivity index (χ1v) is 4.47. The Morgan fingerprint density at radius 2 is 2.08 bits per heavy atom. The molecule has 3 heteroatoms. The number of hydrogen-bond donors (Lipinski definition) is 1. The Balaban J connectivity index is 3.74. The quantitative estimate of drug-likeness (QED) is 0.642. The van der Waals surface area contributed by atoms with Gasteiger partial charge in [0.2, 0.25) is 0 Å². The number of aliphatic hydroxyl groups excluding tert-OH is 1. The van der Waals surface area contributed by atoms with E-state index in [1.54, 1.807) is 13.8 Å². The maximum absolute atomic E-state index is 10.9. The van der Waals surface area contributed by atoms with Gasteiger partial charge in [-0.2, -0.15) is 0 Å². The first-order valence-electron chi connectivity index (χ1n) is 4.47. The molecule has 0 bridgehead atoms. The van der Waals surface area contributed by atoms with E-state index in [4.69, 9.17) is 9.84 Å².